The van der Waals surface area contributed by atoms with Crippen molar-refractivity contribution in [1.29, 1.82) is 0 Å². The number of hydrogen-bond donors (Lipinski definition) is 1. The van der Waals surface area contributed by atoms with E-state index in [-0.39, 0.29) is 6.54 Å². The third-order valence-corrected chi connectivity index (χ3v) is 4.78. The number of carbonyl (C=O) groups is 1. The Morgan fingerprint density at radius 1 is 1.10 bits per heavy atom. The summed E-state index contributed by atoms with van der Waals surface area (Å²) in [5.41, 5.74) is 1.77. The number of fused-ring (bicyclic) bond motifs is 2. The summed E-state index contributed by atoms with van der Waals surface area (Å²) in [6.07, 6.45) is 1.67. The average molecular weight is 418 g/mol. The Morgan fingerprint density at radius 2 is 1.94 bits per heavy atom. The standard InChI is InChI=1S/C21H18N6O4/c1-13-23-16(15-4-2-3-7-22-15)11-19-25-26(21(29)27(13)19)12-20(28)24-14-5-6-17-18(10-14)31-9-8-30-17/h2-7,10-11H,8-9,12H2,1H3,(H,24,28). The molecular formula is C21H18N6O4. The first kappa shape index (κ1) is 18.8. The van der Waals surface area contributed by atoms with Crippen LogP contribution in [0.3, 0.4) is 0 Å². The summed E-state index contributed by atoms with van der Waals surface area (Å²) in [6, 6.07) is 12.3. The molecule has 0 saturated heterocycles. The molecule has 0 spiro atoms. The number of benzene rings is 1. The summed E-state index contributed by atoms with van der Waals surface area (Å²) in [5, 5.41) is 7.06. The Hall–Kier alpha value is -4.21. The highest BCUT2D eigenvalue weighted by Crippen LogP contribution is 2.32. The molecule has 5 rings (SSSR count). The van der Waals surface area contributed by atoms with E-state index < -0.39 is 11.6 Å². The molecule has 0 aliphatic carbocycles. The van der Waals surface area contributed by atoms with Crippen LogP contribution in [0, 0.1) is 6.92 Å². The average Bonchev–Trinajstić information content (AvgIpc) is 3.09. The van der Waals surface area contributed by atoms with Gasteiger partial charge in [0.05, 0.1) is 11.4 Å². The molecule has 4 aromatic rings. The summed E-state index contributed by atoms with van der Waals surface area (Å²) in [6.45, 7) is 2.41. The van der Waals surface area contributed by atoms with E-state index in [1.807, 2.05) is 18.2 Å². The predicted octanol–water partition coefficient (Wildman–Crippen LogP) is 1.67. The molecule has 1 N–H and O–H groups in total. The van der Waals surface area contributed by atoms with Gasteiger partial charge in [0.15, 0.2) is 17.1 Å². The molecule has 10 nitrogen and oxygen atoms in total. The molecule has 0 fully saturated rings. The molecule has 1 aliphatic rings. The van der Waals surface area contributed by atoms with E-state index in [9.17, 15) is 9.59 Å². The molecule has 0 saturated carbocycles. The number of rotatable bonds is 4. The van der Waals surface area contributed by atoms with Crippen LogP contribution in [0.15, 0.2) is 53.5 Å². The normalized spacial score (nSPS) is 12.7. The predicted molar refractivity (Wildman–Crippen MR) is 111 cm³/mol. The van der Waals surface area contributed by atoms with Gasteiger partial charge >= 0.3 is 5.69 Å². The molecule has 0 unspecified atom stereocenters. The van der Waals surface area contributed by atoms with Gasteiger partial charge in [-0.15, -0.1) is 5.10 Å². The largest absolute Gasteiger partial charge is 0.486 e. The van der Waals surface area contributed by atoms with Crippen LogP contribution in [0.25, 0.3) is 17.0 Å². The van der Waals surface area contributed by atoms with Gasteiger partial charge in [-0.25, -0.2) is 18.9 Å². The molecular weight excluding hydrogens is 400 g/mol. The van der Waals surface area contributed by atoms with Gasteiger partial charge in [0, 0.05) is 24.0 Å². The van der Waals surface area contributed by atoms with Gasteiger partial charge in [-0.2, -0.15) is 0 Å². The van der Waals surface area contributed by atoms with E-state index in [2.05, 4.69) is 20.4 Å². The van der Waals surface area contributed by atoms with Crippen molar-refractivity contribution in [3.63, 3.8) is 0 Å². The molecule has 4 heterocycles. The first-order valence-corrected chi connectivity index (χ1v) is 9.66. The zero-order chi connectivity index (χ0) is 21.4. The van der Waals surface area contributed by atoms with E-state index in [1.165, 1.54) is 4.40 Å². The van der Waals surface area contributed by atoms with Crippen molar-refractivity contribution in [3.05, 3.63) is 65.0 Å². The van der Waals surface area contributed by atoms with Crippen LogP contribution in [0.4, 0.5) is 5.69 Å². The number of ether oxygens (including phenoxy) is 2. The lowest BCUT2D eigenvalue weighted by molar-refractivity contribution is -0.117. The zero-order valence-electron chi connectivity index (χ0n) is 16.6. The third-order valence-electron chi connectivity index (χ3n) is 4.78. The fourth-order valence-electron chi connectivity index (χ4n) is 3.41. The van der Waals surface area contributed by atoms with E-state index in [0.29, 0.717) is 53.3 Å². The Bertz CT molecular complexity index is 1350. The molecule has 1 aromatic carbocycles. The lowest BCUT2D eigenvalue weighted by Crippen LogP contribution is -2.29. The van der Waals surface area contributed by atoms with Crippen LogP contribution in [-0.2, 0) is 11.3 Å². The Morgan fingerprint density at radius 3 is 2.74 bits per heavy atom. The highest BCUT2D eigenvalue weighted by atomic mass is 16.6. The smallest absolute Gasteiger partial charge is 0.352 e. The van der Waals surface area contributed by atoms with Crippen LogP contribution in [0.1, 0.15) is 5.82 Å². The van der Waals surface area contributed by atoms with Gasteiger partial charge in [-0.05, 0) is 31.2 Å². The molecule has 156 valence electrons. The van der Waals surface area contributed by atoms with Crippen molar-refractivity contribution in [3.8, 4) is 22.9 Å². The molecule has 31 heavy (non-hydrogen) atoms. The molecule has 0 atom stereocenters. The lowest BCUT2D eigenvalue weighted by Gasteiger charge is -2.18. The fraction of sp³-hybridized carbons (Fsp3) is 0.190. The maximum Gasteiger partial charge on any atom is 0.352 e. The Kier molecular flexibility index (Phi) is 4.58. The summed E-state index contributed by atoms with van der Waals surface area (Å²) in [5.74, 6) is 1.27. The van der Waals surface area contributed by atoms with Crippen LogP contribution in [0.5, 0.6) is 11.5 Å². The topological polar surface area (TPSA) is 113 Å². The first-order valence-electron chi connectivity index (χ1n) is 9.66. The Balaban J connectivity index is 1.40. The first-order chi connectivity index (χ1) is 15.1. The fourth-order valence-corrected chi connectivity index (χ4v) is 3.41. The summed E-state index contributed by atoms with van der Waals surface area (Å²) in [7, 11) is 0. The van der Waals surface area contributed by atoms with Crippen LogP contribution >= 0.6 is 0 Å². The molecule has 1 aliphatic heterocycles. The van der Waals surface area contributed by atoms with Crippen LogP contribution in [-0.4, -0.2) is 43.3 Å². The van der Waals surface area contributed by atoms with Crippen molar-refractivity contribution in [2.75, 3.05) is 18.5 Å². The Labute approximate surface area is 176 Å². The van der Waals surface area contributed by atoms with Crippen molar-refractivity contribution in [1.82, 2.24) is 24.1 Å². The van der Waals surface area contributed by atoms with Crippen molar-refractivity contribution in [2.24, 2.45) is 0 Å². The highest BCUT2D eigenvalue weighted by Gasteiger charge is 2.16. The molecule has 0 radical (unpaired) electrons. The minimum Gasteiger partial charge on any atom is -0.486 e. The number of pyridine rings is 1. The van der Waals surface area contributed by atoms with Gasteiger partial charge in [-0.3, -0.25) is 9.78 Å². The van der Waals surface area contributed by atoms with Gasteiger partial charge in [0.1, 0.15) is 25.6 Å². The molecule has 0 bridgehead atoms. The molecule has 1 amide bonds. The second-order valence-electron chi connectivity index (χ2n) is 6.94. The van der Waals surface area contributed by atoms with Crippen molar-refractivity contribution < 1.29 is 14.3 Å². The number of anilines is 1. The van der Waals surface area contributed by atoms with Crippen molar-refractivity contribution in [2.45, 2.75) is 13.5 Å². The molecule has 3 aromatic heterocycles. The summed E-state index contributed by atoms with van der Waals surface area (Å²) < 4.78 is 13.5. The second kappa shape index (κ2) is 7.56. The van der Waals surface area contributed by atoms with Crippen LogP contribution < -0.4 is 20.5 Å². The maximum atomic E-state index is 12.8. The minimum atomic E-state index is -0.440. The molecule has 10 heteroatoms. The van der Waals surface area contributed by atoms with Gasteiger partial charge in [-0.1, -0.05) is 6.07 Å². The van der Waals surface area contributed by atoms with E-state index in [4.69, 9.17) is 9.47 Å². The van der Waals surface area contributed by atoms with Crippen molar-refractivity contribution >= 4 is 17.2 Å². The number of nitrogens with zero attached hydrogens (tertiary/aromatic N) is 5. The lowest BCUT2D eigenvalue weighted by atomic mass is 10.2. The number of hydrogen-bond acceptors (Lipinski definition) is 7. The van der Waals surface area contributed by atoms with Crippen LogP contribution in [0.2, 0.25) is 0 Å². The maximum absolute atomic E-state index is 12.8. The van der Waals surface area contributed by atoms with Gasteiger partial charge < -0.3 is 14.8 Å². The summed E-state index contributed by atoms with van der Waals surface area (Å²) in [4.78, 5) is 34.0. The SMILES string of the molecule is Cc1nc(-c2ccccn2)cc2nn(CC(=O)Nc3ccc4c(c3)OCCO4)c(=O)n12. The number of carbonyl (C=O) groups excluding carboxylic acids is 1. The number of aromatic nitrogens is 5. The van der Waals surface area contributed by atoms with E-state index >= 15 is 0 Å². The number of aryl methyl sites for hydroxylation is 1. The summed E-state index contributed by atoms with van der Waals surface area (Å²) >= 11 is 0. The monoisotopic (exact) mass is 418 g/mol. The zero-order valence-corrected chi connectivity index (χ0v) is 16.6. The highest BCUT2D eigenvalue weighted by molar-refractivity contribution is 5.90. The third kappa shape index (κ3) is 3.59. The minimum absolute atomic E-state index is 0.243. The quantitative estimate of drug-likeness (QED) is 0.536. The van der Waals surface area contributed by atoms with Gasteiger partial charge in [0.2, 0.25) is 5.91 Å². The second-order valence-corrected chi connectivity index (χ2v) is 6.94. The number of nitrogens with one attached hydrogen (secondary N) is 1. The number of amides is 1. The van der Waals surface area contributed by atoms with E-state index in [1.54, 1.807) is 37.4 Å². The van der Waals surface area contributed by atoms with E-state index in [0.717, 1.165) is 4.68 Å². The van der Waals surface area contributed by atoms with Gasteiger partial charge in [0.25, 0.3) is 0 Å².